The molecule has 5 aromatic rings. The maximum Gasteiger partial charge on any atom is 0.240 e. The molecule has 4 aliphatic rings. The Balaban J connectivity index is 0.928. The van der Waals surface area contributed by atoms with Gasteiger partial charge in [0.25, 0.3) is 0 Å². The number of pyridine rings is 1. The fraction of sp³-hybridized carbons (Fsp3) is 0.409. The van der Waals surface area contributed by atoms with E-state index in [2.05, 4.69) is 25.6 Å². The van der Waals surface area contributed by atoms with E-state index in [0.717, 1.165) is 52.8 Å². The number of hydrogen-bond acceptors (Lipinski definition) is 12. The molecule has 3 aromatic carbocycles. The number of hydrogen-bond donors (Lipinski definition) is 2. The number of methoxy groups -OCH3 is 1. The number of carbonyl (C=O) groups is 1. The van der Waals surface area contributed by atoms with E-state index in [1.165, 1.54) is 0 Å². The van der Waals surface area contributed by atoms with Gasteiger partial charge in [-0.15, -0.1) is 0 Å². The van der Waals surface area contributed by atoms with E-state index >= 15 is 0 Å². The Morgan fingerprint density at radius 3 is 2.50 bits per heavy atom. The highest BCUT2D eigenvalue weighted by Crippen LogP contribution is 2.46. The summed E-state index contributed by atoms with van der Waals surface area (Å²) in [5.74, 6) is 0.0959. The molecule has 2 aromatic heterocycles. The van der Waals surface area contributed by atoms with Crippen molar-refractivity contribution < 1.29 is 32.2 Å². The summed E-state index contributed by atoms with van der Waals surface area (Å²) in [6, 6.07) is 19.5. The van der Waals surface area contributed by atoms with Gasteiger partial charge in [0, 0.05) is 43.9 Å². The Morgan fingerprint density at radius 2 is 1.75 bits per heavy atom. The quantitative estimate of drug-likeness (QED) is 0.130. The molecule has 2 aliphatic heterocycles. The second-order valence-electron chi connectivity index (χ2n) is 16.6. The average molecular weight is 872 g/mol. The molecule has 16 heteroatoms. The third-order valence-electron chi connectivity index (χ3n) is 12.4. The molecule has 9 rings (SSSR count). The zero-order chi connectivity index (χ0) is 41.9. The standard InChI is InChI=1S/C44H44Cl2N6O7S/c1-44(13-14-44)60(55,56)50-40(54)26-11-15-51(22-26)21-25-17-27(20-47)39-36(18-25)48-42(59-39)34-8-4-7-33(38(34)46)30-5-3-6-32-31(30)9-10-37(32)58-43-35(45)19-28(41(49-43)57-2)23-52-16-12-29(53)24-52/h3-8,17-19,26,29,37,53H,9-16,21-24H2,1-2H3,(H,50,54)/t26-,29-,37-/m1/s1. The first-order valence-electron chi connectivity index (χ1n) is 20.2. The summed E-state index contributed by atoms with van der Waals surface area (Å²) >= 11 is 14.0. The van der Waals surface area contributed by atoms with Gasteiger partial charge in [0.15, 0.2) is 5.58 Å². The van der Waals surface area contributed by atoms with Gasteiger partial charge in [-0.3, -0.25) is 19.3 Å². The Bertz CT molecular complexity index is 2680. The fourth-order valence-electron chi connectivity index (χ4n) is 8.71. The van der Waals surface area contributed by atoms with E-state index in [0.29, 0.717) is 102 Å². The minimum atomic E-state index is -3.70. The number of sulfonamides is 1. The number of oxazole rings is 1. The molecular formula is C44H44Cl2N6O7S. The van der Waals surface area contributed by atoms with Gasteiger partial charge in [0.2, 0.25) is 33.6 Å². The summed E-state index contributed by atoms with van der Waals surface area (Å²) in [6.45, 7) is 5.06. The topological polar surface area (TPSA) is 171 Å². The number of rotatable bonds is 12. The highest BCUT2D eigenvalue weighted by molar-refractivity contribution is 7.91. The molecule has 312 valence electrons. The molecule has 1 saturated carbocycles. The lowest BCUT2D eigenvalue weighted by Gasteiger charge is -2.20. The number of amides is 1. The average Bonchev–Trinajstić information content (AvgIpc) is 3.67. The van der Waals surface area contributed by atoms with E-state index in [9.17, 15) is 23.6 Å². The first kappa shape index (κ1) is 40.6. The summed E-state index contributed by atoms with van der Waals surface area (Å²) < 4.78 is 45.1. The van der Waals surface area contributed by atoms with E-state index in [1.807, 2.05) is 48.5 Å². The molecule has 3 fully saturated rings. The van der Waals surface area contributed by atoms with Crippen LogP contribution in [-0.2, 0) is 34.3 Å². The zero-order valence-corrected chi connectivity index (χ0v) is 35.5. The van der Waals surface area contributed by atoms with Gasteiger partial charge in [-0.2, -0.15) is 10.2 Å². The molecule has 0 spiro atoms. The first-order valence-corrected chi connectivity index (χ1v) is 22.4. The van der Waals surface area contributed by atoms with Gasteiger partial charge in [-0.1, -0.05) is 53.5 Å². The van der Waals surface area contributed by atoms with Crippen molar-refractivity contribution in [3.63, 3.8) is 0 Å². The summed E-state index contributed by atoms with van der Waals surface area (Å²) in [5.41, 5.74) is 7.28. The van der Waals surface area contributed by atoms with Gasteiger partial charge in [0.05, 0.1) is 40.0 Å². The van der Waals surface area contributed by atoms with Crippen LogP contribution in [0, 0.1) is 17.2 Å². The van der Waals surface area contributed by atoms with Crippen LogP contribution in [0.25, 0.3) is 33.7 Å². The molecule has 2 saturated heterocycles. The molecule has 0 radical (unpaired) electrons. The second kappa shape index (κ2) is 15.9. The number of likely N-dealkylation sites (tertiary alicyclic amines) is 2. The largest absolute Gasteiger partial charge is 0.481 e. The van der Waals surface area contributed by atoms with Crippen molar-refractivity contribution in [3.05, 3.63) is 92.5 Å². The Hall–Kier alpha value is -4.75. The third kappa shape index (κ3) is 7.72. The van der Waals surface area contributed by atoms with Crippen LogP contribution in [0.15, 0.2) is 59.0 Å². The number of aromatic nitrogens is 2. The Labute approximate surface area is 358 Å². The monoisotopic (exact) mass is 870 g/mol. The van der Waals surface area contributed by atoms with Gasteiger partial charge in [-0.05, 0) is 98.5 Å². The van der Waals surface area contributed by atoms with Crippen LogP contribution in [0.2, 0.25) is 10.0 Å². The molecule has 2 N–H and O–H groups in total. The number of aliphatic hydroxyl groups is 1. The fourth-order valence-corrected chi connectivity index (χ4v) is 10.6. The van der Waals surface area contributed by atoms with Crippen LogP contribution in [0.1, 0.15) is 72.9 Å². The van der Waals surface area contributed by atoms with Gasteiger partial charge < -0.3 is 19.0 Å². The lowest BCUT2D eigenvalue weighted by atomic mass is 9.95. The number of benzene rings is 3. The number of nitrogens with one attached hydrogen (secondary N) is 1. The van der Waals surface area contributed by atoms with Crippen molar-refractivity contribution in [1.82, 2.24) is 24.5 Å². The summed E-state index contributed by atoms with van der Waals surface area (Å²) in [6.07, 6.45) is 3.18. The number of halogens is 2. The Morgan fingerprint density at radius 1 is 1.00 bits per heavy atom. The van der Waals surface area contributed by atoms with Crippen molar-refractivity contribution in [2.45, 2.75) is 75.5 Å². The number of β-amino-alcohol motifs (C(OH)–C–C–N with tert-alkyl or cyclic N) is 1. The number of nitriles is 1. The van der Waals surface area contributed by atoms with E-state index in [1.54, 1.807) is 20.1 Å². The third-order valence-corrected chi connectivity index (χ3v) is 15.2. The van der Waals surface area contributed by atoms with Crippen LogP contribution in [0.4, 0.5) is 0 Å². The van der Waals surface area contributed by atoms with Gasteiger partial charge >= 0.3 is 0 Å². The molecule has 4 heterocycles. The highest BCUT2D eigenvalue weighted by Gasteiger charge is 2.51. The van der Waals surface area contributed by atoms with Gasteiger partial charge in [-0.25, -0.2) is 13.4 Å². The predicted octanol–water partition coefficient (Wildman–Crippen LogP) is 7.20. The number of aliphatic hydroxyl groups excluding tert-OH is 1. The minimum absolute atomic E-state index is 0.279. The van der Waals surface area contributed by atoms with E-state index < -0.39 is 26.6 Å². The van der Waals surface area contributed by atoms with E-state index in [-0.39, 0.29) is 18.1 Å². The van der Waals surface area contributed by atoms with Crippen LogP contribution in [0.5, 0.6) is 11.8 Å². The molecule has 3 atom stereocenters. The zero-order valence-electron chi connectivity index (χ0n) is 33.2. The van der Waals surface area contributed by atoms with Crippen LogP contribution in [0.3, 0.4) is 0 Å². The van der Waals surface area contributed by atoms with Crippen LogP contribution < -0.4 is 14.2 Å². The van der Waals surface area contributed by atoms with Crippen molar-refractivity contribution in [3.8, 4) is 40.4 Å². The van der Waals surface area contributed by atoms with Crippen molar-refractivity contribution in [1.29, 1.82) is 5.26 Å². The summed E-state index contributed by atoms with van der Waals surface area (Å²) in [4.78, 5) is 26.6. The Kier molecular flexibility index (Phi) is 10.8. The normalized spacial score (nSPS) is 21.2. The van der Waals surface area contributed by atoms with Gasteiger partial charge in [0.1, 0.15) is 22.7 Å². The minimum Gasteiger partial charge on any atom is -0.481 e. The smallest absolute Gasteiger partial charge is 0.240 e. The van der Waals surface area contributed by atoms with Crippen molar-refractivity contribution in [2.75, 3.05) is 33.3 Å². The highest BCUT2D eigenvalue weighted by atomic mass is 35.5. The van der Waals surface area contributed by atoms with Crippen molar-refractivity contribution >= 4 is 50.2 Å². The van der Waals surface area contributed by atoms with E-state index in [4.69, 9.17) is 42.1 Å². The van der Waals surface area contributed by atoms with Crippen LogP contribution >= 0.6 is 23.2 Å². The number of fused-ring (bicyclic) bond motifs is 2. The predicted molar refractivity (Wildman–Crippen MR) is 226 cm³/mol. The number of carbonyl (C=O) groups excluding carboxylic acids is 1. The SMILES string of the molecule is COc1nc(O[C@@H]2CCc3c(-c4cccc(-c5nc6cc(CN7CC[C@@H](C(=O)NS(=O)(=O)C8(C)CC8)C7)cc(C#N)c6o5)c4Cl)cccc32)c(Cl)cc1CN1CC[C@@H](O)C1. The lowest BCUT2D eigenvalue weighted by Crippen LogP contribution is -2.42. The molecule has 13 nitrogen and oxygen atoms in total. The summed E-state index contributed by atoms with van der Waals surface area (Å²) in [7, 11) is -2.13. The first-order chi connectivity index (χ1) is 28.8. The molecule has 2 aliphatic carbocycles. The second-order valence-corrected chi connectivity index (χ2v) is 19.6. The molecule has 1 amide bonds. The van der Waals surface area contributed by atoms with Crippen LogP contribution in [-0.4, -0.2) is 83.3 Å². The number of ether oxygens (including phenoxy) is 2. The lowest BCUT2D eigenvalue weighted by molar-refractivity contribution is -0.122. The molecule has 60 heavy (non-hydrogen) atoms. The molecule has 0 unspecified atom stereocenters. The molecule has 0 bridgehead atoms. The van der Waals surface area contributed by atoms with Crippen molar-refractivity contribution in [2.24, 2.45) is 5.92 Å². The molecular weight excluding hydrogens is 827 g/mol. The number of nitrogens with zero attached hydrogens (tertiary/aromatic N) is 5. The summed E-state index contributed by atoms with van der Waals surface area (Å²) in [5, 5.41) is 21.0. The maximum absolute atomic E-state index is 12.9. The maximum atomic E-state index is 12.9.